The second kappa shape index (κ2) is 4.49. The second-order valence-electron chi connectivity index (χ2n) is 7.50. The van der Waals surface area contributed by atoms with Crippen molar-refractivity contribution in [1.82, 2.24) is 0 Å². The molecule has 0 heterocycles. The number of hydrogen-bond acceptors (Lipinski definition) is 3. The van der Waals surface area contributed by atoms with Gasteiger partial charge in [-0.05, 0) is 61.3 Å². The molecule has 2 saturated carbocycles. The molecule has 3 heteroatoms. The van der Waals surface area contributed by atoms with Gasteiger partial charge in [-0.15, -0.1) is 0 Å². The summed E-state index contributed by atoms with van der Waals surface area (Å²) in [5, 5.41) is 9.45. The quantitative estimate of drug-likeness (QED) is 0.834. The van der Waals surface area contributed by atoms with Gasteiger partial charge in [-0.3, -0.25) is 0 Å². The van der Waals surface area contributed by atoms with Crippen molar-refractivity contribution < 1.29 is 14.6 Å². The Morgan fingerprint density at radius 1 is 1.33 bits per heavy atom. The number of carbonyl (C=O) groups is 1. The molecule has 1 aromatic carbocycles. The Hall–Kier alpha value is -1.51. The van der Waals surface area contributed by atoms with Crippen molar-refractivity contribution in [2.24, 2.45) is 16.7 Å². The highest BCUT2D eigenvalue weighted by atomic mass is 16.5. The van der Waals surface area contributed by atoms with Crippen LogP contribution in [-0.2, 0) is 4.74 Å². The molecule has 3 nitrogen and oxygen atoms in total. The molecule has 0 radical (unpaired) electrons. The lowest BCUT2D eigenvalue weighted by atomic mass is 9.70. The van der Waals surface area contributed by atoms with E-state index in [-0.39, 0.29) is 28.7 Å². The standard InChI is InChI=1S/C18H24O3/c1-11-9-13(19)5-6-14(11)16(20)21-15-10-12-7-8-18(15,4)17(12,2)3/h5-6,9,12,15,19H,7-8,10H2,1-4H3. The molecule has 2 aliphatic carbocycles. The van der Waals surface area contributed by atoms with Crippen molar-refractivity contribution in [3.05, 3.63) is 29.3 Å². The lowest BCUT2D eigenvalue weighted by molar-refractivity contribution is -0.0243. The molecular formula is C18H24O3. The molecule has 3 atom stereocenters. The molecular weight excluding hydrogens is 264 g/mol. The summed E-state index contributed by atoms with van der Waals surface area (Å²) in [6.07, 6.45) is 3.37. The van der Waals surface area contributed by atoms with Gasteiger partial charge >= 0.3 is 5.97 Å². The maximum atomic E-state index is 12.5. The molecule has 1 N–H and O–H groups in total. The highest BCUT2D eigenvalue weighted by molar-refractivity contribution is 5.91. The Kier molecular flexibility index (Phi) is 3.09. The largest absolute Gasteiger partial charge is 0.508 e. The summed E-state index contributed by atoms with van der Waals surface area (Å²) in [5.74, 6) is 0.570. The highest BCUT2D eigenvalue weighted by Crippen LogP contribution is 2.66. The van der Waals surface area contributed by atoms with Gasteiger partial charge < -0.3 is 9.84 Å². The maximum Gasteiger partial charge on any atom is 0.338 e. The number of phenols is 1. The normalized spacial score (nSPS) is 33.1. The van der Waals surface area contributed by atoms with E-state index in [0.29, 0.717) is 11.5 Å². The van der Waals surface area contributed by atoms with E-state index < -0.39 is 0 Å². The van der Waals surface area contributed by atoms with Gasteiger partial charge in [-0.1, -0.05) is 20.8 Å². The van der Waals surface area contributed by atoms with Crippen LogP contribution in [0.25, 0.3) is 0 Å². The number of aromatic hydroxyl groups is 1. The van der Waals surface area contributed by atoms with Gasteiger partial charge in [0.15, 0.2) is 0 Å². The number of fused-ring (bicyclic) bond motifs is 2. The molecule has 2 aliphatic rings. The van der Waals surface area contributed by atoms with Crippen LogP contribution in [0.4, 0.5) is 0 Å². The van der Waals surface area contributed by atoms with Crippen LogP contribution in [0, 0.1) is 23.7 Å². The minimum atomic E-state index is -0.262. The van der Waals surface area contributed by atoms with Gasteiger partial charge in [-0.25, -0.2) is 4.79 Å². The predicted molar refractivity (Wildman–Crippen MR) is 81.3 cm³/mol. The molecule has 0 aliphatic heterocycles. The van der Waals surface area contributed by atoms with Crippen molar-refractivity contribution in [2.45, 2.75) is 53.1 Å². The summed E-state index contributed by atoms with van der Waals surface area (Å²) in [4.78, 5) is 12.5. The number of hydrogen-bond donors (Lipinski definition) is 1. The van der Waals surface area contributed by atoms with Crippen LogP contribution in [-0.4, -0.2) is 17.2 Å². The first-order valence-corrected chi connectivity index (χ1v) is 7.76. The van der Waals surface area contributed by atoms with E-state index >= 15 is 0 Å². The van der Waals surface area contributed by atoms with Crippen LogP contribution in [0.1, 0.15) is 56.0 Å². The Balaban J connectivity index is 1.80. The molecule has 0 spiro atoms. The van der Waals surface area contributed by atoms with Crippen molar-refractivity contribution in [2.75, 3.05) is 0 Å². The van der Waals surface area contributed by atoms with E-state index in [1.807, 2.05) is 6.92 Å². The first-order valence-electron chi connectivity index (χ1n) is 7.76. The van der Waals surface area contributed by atoms with Crippen LogP contribution in [0.3, 0.4) is 0 Å². The molecule has 3 rings (SSSR count). The van der Waals surface area contributed by atoms with E-state index in [1.54, 1.807) is 12.1 Å². The van der Waals surface area contributed by atoms with Gasteiger partial charge in [-0.2, -0.15) is 0 Å². The minimum absolute atomic E-state index is 0.00644. The second-order valence-corrected chi connectivity index (χ2v) is 7.50. The molecule has 114 valence electrons. The van der Waals surface area contributed by atoms with Gasteiger partial charge in [0, 0.05) is 5.41 Å². The fourth-order valence-corrected chi connectivity index (χ4v) is 4.38. The topological polar surface area (TPSA) is 46.5 Å². The molecule has 1 aromatic rings. The van der Waals surface area contributed by atoms with Crippen LogP contribution >= 0.6 is 0 Å². The average molecular weight is 288 g/mol. The van der Waals surface area contributed by atoms with E-state index in [0.717, 1.165) is 18.4 Å². The van der Waals surface area contributed by atoms with Gasteiger partial charge in [0.1, 0.15) is 11.9 Å². The Morgan fingerprint density at radius 2 is 2.05 bits per heavy atom. The van der Waals surface area contributed by atoms with Crippen molar-refractivity contribution in [3.8, 4) is 5.75 Å². The zero-order valence-electron chi connectivity index (χ0n) is 13.3. The number of aryl methyl sites for hydroxylation is 1. The third-order valence-corrected chi connectivity index (χ3v) is 6.39. The van der Waals surface area contributed by atoms with Crippen molar-refractivity contribution in [3.63, 3.8) is 0 Å². The minimum Gasteiger partial charge on any atom is -0.508 e. The van der Waals surface area contributed by atoms with E-state index in [1.165, 1.54) is 12.5 Å². The summed E-state index contributed by atoms with van der Waals surface area (Å²) in [6, 6.07) is 4.78. The number of rotatable bonds is 2. The number of carbonyl (C=O) groups excluding carboxylic acids is 1. The summed E-state index contributed by atoms with van der Waals surface area (Å²) in [6.45, 7) is 8.71. The first-order chi connectivity index (χ1) is 9.75. The highest BCUT2D eigenvalue weighted by Gasteiger charge is 2.62. The third kappa shape index (κ3) is 1.97. The summed E-state index contributed by atoms with van der Waals surface area (Å²) < 4.78 is 5.87. The summed E-state index contributed by atoms with van der Waals surface area (Å²) >= 11 is 0. The van der Waals surface area contributed by atoms with Crippen molar-refractivity contribution in [1.29, 1.82) is 0 Å². The smallest absolute Gasteiger partial charge is 0.338 e. The summed E-state index contributed by atoms with van der Waals surface area (Å²) in [5.41, 5.74) is 1.63. The zero-order valence-corrected chi connectivity index (χ0v) is 13.3. The SMILES string of the molecule is Cc1cc(O)ccc1C(=O)OC1CC2CCC1(C)C2(C)C. The van der Waals surface area contributed by atoms with Crippen LogP contribution in [0.2, 0.25) is 0 Å². The molecule has 2 fully saturated rings. The number of phenolic OH excluding ortho intramolecular Hbond substituents is 1. The number of esters is 1. The van der Waals surface area contributed by atoms with Gasteiger partial charge in [0.05, 0.1) is 5.56 Å². The Bertz CT molecular complexity index is 590. The fourth-order valence-electron chi connectivity index (χ4n) is 4.38. The first kappa shape index (κ1) is 14.4. The van der Waals surface area contributed by atoms with E-state index in [9.17, 15) is 9.90 Å². The third-order valence-electron chi connectivity index (χ3n) is 6.39. The number of benzene rings is 1. The monoisotopic (exact) mass is 288 g/mol. The molecule has 0 aromatic heterocycles. The molecule has 2 bridgehead atoms. The van der Waals surface area contributed by atoms with Crippen LogP contribution in [0.5, 0.6) is 5.75 Å². The van der Waals surface area contributed by atoms with Gasteiger partial charge in [0.25, 0.3) is 0 Å². The average Bonchev–Trinajstić information content (AvgIpc) is 2.71. The Morgan fingerprint density at radius 3 is 2.57 bits per heavy atom. The number of ether oxygens (including phenoxy) is 1. The van der Waals surface area contributed by atoms with Gasteiger partial charge in [0.2, 0.25) is 0 Å². The Labute approximate surface area is 126 Å². The molecule has 0 saturated heterocycles. The lowest BCUT2D eigenvalue weighted by Crippen LogP contribution is -2.38. The zero-order chi connectivity index (χ0) is 15.4. The van der Waals surface area contributed by atoms with E-state index in [2.05, 4.69) is 20.8 Å². The fraction of sp³-hybridized carbons (Fsp3) is 0.611. The van der Waals surface area contributed by atoms with Crippen LogP contribution in [0.15, 0.2) is 18.2 Å². The van der Waals surface area contributed by atoms with E-state index in [4.69, 9.17) is 4.74 Å². The predicted octanol–water partition coefficient (Wildman–Crippen LogP) is 4.07. The summed E-state index contributed by atoms with van der Waals surface area (Å²) in [7, 11) is 0. The van der Waals surface area contributed by atoms with Crippen molar-refractivity contribution >= 4 is 5.97 Å². The van der Waals surface area contributed by atoms with Crippen LogP contribution < -0.4 is 0 Å². The maximum absolute atomic E-state index is 12.5. The molecule has 3 unspecified atom stereocenters. The molecule has 0 amide bonds. The lowest BCUT2D eigenvalue weighted by Gasteiger charge is -2.38. The molecule has 21 heavy (non-hydrogen) atoms.